The Hall–Kier alpha value is -0.790. The first-order valence-electron chi connectivity index (χ1n) is 9.18. The van der Waals surface area contributed by atoms with Gasteiger partial charge in [0.1, 0.15) is 0 Å². The van der Waals surface area contributed by atoms with Crippen molar-refractivity contribution in [3.05, 3.63) is 12.2 Å². The lowest BCUT2D eigenvalue weighted by molar-refractivity contribution is -0.147. The van der Waals surface area contributed by atoms with Crippen molar-refractivity contribution in [3.8, 4) is 0 Å². The Bertz CT molecular complexity index is 283. The minimum absolute atomic E-state index is 0.0122. The summed E-state index contributed by atoms with van der Waals surface area (Å²) in [5.41, 5.74) is 0. The van der Waals surface area contributed by atoms with E-state index in [-0.39, 0.29) is 11.9 Å². The largest absolute Gasteiger partial charge is 0.465 e. The zero-order chi connectivity index (χ0) is 15.2. The van der Waals surface area contributed by atoms with Crippen LogP contribution in [0.3, 0.4) is 0 Å². The molecule has 2 heteroatoms. The van der Waals surface area contributed by atoms with Gasteiger partial charge in [-0.15, -0.1) is 0 Å². The molecule has 0 saturated heterocycles. The highest BCUT2D eigenvalue weighted by molar-refractivity contribution is 5.74. The van der Waals surface area contributed by atoms with Gasteiger partial charge in [0.05, 0.1) is 12.5 Å². The fraction of sp³-hybridized carbons (Fsp3) is 0.842. The van der Waals surface area contributed by atoms with E-state index in [9.17, 15) is 4.79 Å². The highest BCUT2D eigenvalue weighted by Gasteiger charge is 2.18. The van der Waals surface area contributed by atoms with Gasteiger partial charge in [-0.3, -0.25) is 4.79 Å². The number of allylic oxidation sites excluding steroid dienone is 1. The van der Waals surface area contributed by atoms with Gasteiger partial charge in [-0.25, -0.2) is 0 Å². The third-order valence-corrected chi connectivity index (χ3v) is 4.30. The molecule has 0 aromatic carbocycles. The number of hydrogen-bond donors (Lipinski definition) is 0. The first-order valence-corrected chi connectivity index (χ1v) is 9.18. The lowest BCUT2D eigenvalue weighted by atomic mass is 9.96. The minimum atomic E-state index is -0.0122. The van der Waals surface area contributed by atoms with Crippen molar-refractivity contribution in [1.29, 1.82) is 0 Å². The Balaban J connectivity index is 1.83. The molecule has 0 spiro atoms. The van der Waals surface area contributed by atoms with Crippen LogP contribution in [0.5, 0.6) is 0 Å². The van der Waals surface area contributed by atoms with Crippen molar-refractivity contribution in [2.75, 3.05) is 6.61 Å². The summed E-state index contributed by atoms with van der Waals surface area (Å²) in [4.78, 5) is 11.8. The number of hydrogen-bond acceptors (Lipinski definition) is 2. The molecule has 0 saturated carbocycles. The Morgan fingerprint density at radius 1 is 1.00 bits per heavy atom. The van der Waals surface area contributed by atoms with Gasteiger partial charge in [0.2, 0.25) is 0 Å². The second-order valence-electron chi connectivity index (χ2n) is 6.32. The molecule has 1 aliphatic carbocycles. The molecule has 21 heavy (non-hydrogen) atoms. The minimum Gasteiger partial charge on any atom is -0.465 e. The van der Waals surface area contributed by atoms with Gasteiger partial charge in [0.15, 0.2) is 0 Å². The summed E-state index contributed by atoms with van der Waals surface area (Å²) < 4.78 is 5.36. The molecule has 0 N–H and O–H groups in total. The van der Waals surface area contributed by atoms with Crippen LogP contribution in [-0.2, 0) is 9.53 Å². The average molecular weight is 294 g/mol. The Morgan fingerprint density at radius 2 is 1.62 bits per heavy atom. The van der Waals surface area contributed by atoms with Crippen molar-refractivity contribution in [2.24, 2.45) is 5.92 Å². The number of ether oxygens (including phenoxy) is 1. The molecule has 0 amide bonds. The first kappa shape index (κ1) is 18.3. The van der Waals surface area contributed by atoms with Gasteiger partial charge in [0, 0.05) is 0 Å². The van der Waals surface area contributed by atoms with E-state index < -0.39 is 0 Å². The van der Waals surface area contributed by atoms with Crippen LogP contribution in [0.4, 0.5) is 0 Å². The molecule has 0 radical (unpaired) electrons. The van der Waals surface area contributed by atoms with E-state index >= 15 is 0 Å². The molecule has 1 aliphatic rings. The van der Waals surface area contributed by atoms with Crippen LogP contribution < -0.4 is 0 Å². The summed E-state index contributed by atoms with van der Waals surface area (Å²) in [6.07, 6.45) is 20.5. The quantitative estimate of drug-likeness (QED) is 0.258. The monoisotopic (exact) mass is 294 g/mol. The van der Waals surface area contributed by atoms with E-state index in [4.69, 9.17) is 4.74 Å². The van der Waals surface area contributed by atoms with Gasteiger partial charge in [-0.05, 0) is 25.7 Å². The normalized spacial score (nSPS) is 17.9. The summed E-state index contributed by atoms with van der Waals surface area (Å²) >= 11 is 0. The third-order valence-electron chi connectivity index (χ3n) is 4.30. The van der Waals surface area contributed by atoms with Gasteiger partial charge >= 0.3 is 5.97 Å². The molecule has 122 valence electrons. The van der Waals surface area contributed by atoms with E-state index in [1.54, 1.807) is 0 Å². The van der Waals surface area contributed by atoms with Gasteiger partial charge < -0.3 is 4.74 Å². The Labute approximate surface area is 131 Å². The lowest BCUT2D eigenvalue weighted by Gasteiger charge is -2.15. The molecule has 0 heterocycles. The fourth-order valence-electron chi connectivity index (χ4n) is 2.88. The molecular weight excluding hydrogens is 260 g/mol. The molecule has 0 aliphatic heterocycles. The van der Waals surface area contributed by atoms with Crippen molar-refractivity contribution in [1.82, 2.24) is 0 Å². The molecule has 1 atom stereocenters. The number of carbonyl (C=O) groups excluding carboxylic acids is 1. The molecule has 0 aromatic rings. The Morgan fingerprint density at radius 3 is 2.19 bits per heavy atom. The summed E-state index contributed by atoms with van der Waals surface area (Å²) in [5, 5.41) is 0. The van der Waals surface area contributed by atoms with E-state index in [0.717, 1.165) is 25.7 Å². The maximum absolute atomic E-state index is 11.8. The molecule has 0 fully saturated rings. The predicted octanol–water partition coefficient (Wildman–Crippen LogP) is 5.81. The molecule has 2 nitrogen and oxygen atoms in total. The van der Waals surface area contributed by atoms with Gasteiger partial charge in [-0.2, -0.15) is 0 Å². The van der Waals surface area contributed by atoms with E-state index in [0.29, 0.717) is 6.61 Å². The second-order valence-corrected chi connectivity index (χ2v) is 6.32. The zero-order valence-electron chi connectivity index (χ0n) is 13.9. The number of carbonyl (C=O) groups is 1. The van der Waals surface area contributed by atoms with Crippen molar-refractivity contribution in [3.63, 3.8) is 0 Å². The van der Waals surface area contributed by atoms with Gasteiger partial charge in [-0.1, -0.05) is 76.9 Å². The van der Waals surface area contributed by atoms with Crippen molar-refractivity contribution >= 4 is 5.97 Å². The maximum atomic E-state index is 11.8. The highest BCUT2D eigenvalue weighted by Crippen LogP contribution is 2.18. The molecule has 1 rings (SSSR count). The first-order chi connectivity index (χ1) is 10.3. The van der Waals surface area contributed by atoms with Crippen LogP contribution >= 0.6 is 0 Å². The van der Waals surface area contributed by atoms with Crippen LogP contribution in [-0.4, -0.2) is 12.6 Å². The summed E-state index contributed by atoms with van der Waals surface area (Å²) in [7, 11) is 0. The zero-order valence-corrected chi connectivity index (χ0v) is 13.9. The topological polar surface area (TPSA) is 26.3 Å². The highest BCUT2D eigenvalue weighted by atomic mass is 16.5. The number of rotatable bonds is 12. The standard InChI is InChI=1S/C19H34O2/c1-2-3-4-5-6-7-8-9-10-14-17-21-19(20)18-15-12-11-13-16-18/h12,15,18H,2-11,13-14,16-17H2,1H3/t18-/m1/s1. The van der Waals surface area contributed by atoms with Crippen molar-refractivity contribution in [2.45, 2.75) is 90.4 Å². The van der Waals surface area contributed by atoms with Crippen LogP contribution in [0.1, 0.15) is 90.4 Å². The molecular formula is C19H34O2. The third kappa shape index (κ3) is 9.71. The maximum Gasteiger partial charge on any atom is 0.312 e. The smallest absolute Gasteiger partial charge is 0.312 e. The average Bonchev–Trinajstić information content (AvgIpc) is 2.53. The van der Waals surface area contributed by atoms with Crippen LogP contribution in [0, 0.1) is 5.92 Å². The van der Waals surface area contributed by atoms with Crippen molar-refractivity contribution < 1.29 is 9.53 Å². The van der Waals surface area contributed by atoms with Crippen LogP contribution in [0.2, 0.25) is 0 Å². The van der Waals surface area contributed by atoms with Crippen LogP contribution in [0.15, 0.2) is 12.2 Å². The summed E-state index contributed by atoms with van der Waals surface area (Å²) in [6.45, 7) is 2.87. The van der Waals surface area contributed by atoms with Gasteiger partial charge in [0.25, 0.3) is 0 Å². The fourth-order valence-corrected chi connectivity index (χ4v) is 2.88. The molecule has 0 aromatic heterocycles. The van der Waals surface area contributed by atoms with E-state index in [1.165, 1.54) is 57.8 Å². The molecule has 0 bridgehead atoms. The van der Waals surface area contributed by atoms with E-state index in [2.05, 4.69) is 13.0 Å². The number of esters is 1. The molecule has 0 unspecified atom stereocenters. The van der Waals surface area contributed by atoms with Crippen LogP contribution in [0.25, 0.3) is 0 Å². The Kier molecular flexibility index (Phi) is 11.2. The second kappa shape index (κ2) is 12.9. The van der Waals surface area contributed by atoms with E-state index in [1.807, 2.05) is 6.08 Å². The summed E-state index contributed by atoms with van der Waals surface area (Å²) in [5.74, 6) is 0.0174. The SMILES string of the molecule is CCCCCCCCCCCCOC(=O)[C@@H]1C=CCCC1. The predicted molar refractivity (Wildman–Crippen MR) is 89.3 cm³/mol. The number of unbranched alkanes of at least 4 members (excludes halogenated alkanes) is 9. The lowest BCUT2D eigenvalue weighted by Crippen LogP contribution is -2.18. The summed E-state index contributed by atoms with van der Waals surface area (Å²) in [6, 6.07) is 0.